The van der Waals surface area contributed by atoms with Crippen LogP contribution in [0.2, 0.25) is 0 Å². The number of rotatable bonds is 9. The normalized spacial score (nSPS) is 13.2. The first-order chi connectivity index (χ1) is 19.6. The molecule has 0 unspecified atom stereocenters. The van der Waals surface area contributed by atoms with E-state index in [1.807, 2.05) is 45.9 Å². The van der Waals surface area contributed by atoms with Crippen LogP contribution >= 0.6 is 0 Å². The molecule has 0 fully saturated rings. The molecule has 4 rings (SSSR count). The van der Waals surface area contributed by atoms with E-state index < -0.39 is 5.97 Å². The molecule has 5 N–H and O–H groups in total. The zero-order valence-corrected chi connectivity index (χ0v) is 24.5. The van der Waals surface area contributed by atoms with E-state index in [9.17, 15) is 9.59 Å². The minimum absolute atomic E-state index is 0.0228. The van der Waals surface area contributed by atoms with Crippen molar-refractivity contribution in [3.8, 4) is 22.8 Å². The predicted octanol–water partition coefficient (Wildman–Crippen LogP) is 2.29. The van der Waals surface area contributed by atoms with Crippen LogP contribution in [0.3, 0.4) is 0 Å². The van der Waals surface area contributed by atoms with Gasteiger partial charge in [-0.3, -0.25) is 9.13 Å². The lowest BCUT2D eigenvalue weighted by Crippen LogP contribution is -2.44. The number of fused-ring (bicyclic) bond motifs is 3. The number of carbonyl (C=O) groups excluding carboxylic acids is 1. The fourth-order valence-electron chi connectivity index (χ4n) is 5.16. The highest BCUT2D eigenvalue weighted by molar-refractivity contribution is 5.87. The van der Waals surface area contributed by atoms with Gasteiger partial charge in [0.15, 0.2) is 17.2 Å². The van der Waals surface area contributed by atoms with Gasteiger partial charge in [0.1, 0.15) is 11.3 Å². The summed E-state index contributed by atoms with van der Waals surface area (Å²) in [5, 5.41) is 2.91. The van der Waals surface area contributed by atoms with E-state index in [1.54, 1.807) is 16.2 Å². The van der Waals surface area contributed by atoms with Crippen molar-refractivity contribution in [1.82, 2.24) is 14.5 Å². The van der Waals surface area contributed by atoms with E-state index in [1.165, 1.54) is 7.11 Å². The number of hydrogen-bond acceptors (Lipinski definition) is 9. The van der Waals surface area contributed by atoms with Crippen LogP contribution in [-0.2, 0) is 29.0 Å². The maximum absolute atomic E-state index is 14.0. The molecule has 0 atom stereocenters. The first-order valence-corrected chi connectivity index (χ1v) is 13.5. The van der Waals surface area contributed by atoms with Crippen molar-refractivity contribution in [3.05, 3.63) is 80.1 Å². The Morgan fingerprint density at radius 3 is 2.39 bits per heavy atom. The second kappa shape index (κ2) is 12.2. The lowest BCUT2D eigenvalue weighted by atomic mass is 9.97. The number of nitrogens with two attached hydrogens (primary N) is 2. The van der Waals surface area contributed by atoms with Gasteiger partial charge in [-0.15, -0.1) is 0 Å². The molecule has 0 amide bonds. The zero-order valence-electron chi connectivity index (χ0n) is 24.5. The largest absolute Gasteiger partial charge is 0.493 e. The number of methoxy groups -OCH3 is 2. The molecule has 0 saturated heterocycles. The summed E-state index contributed by atoms with van der Waals surface area (Å²) in [6.45, 7) is 9.43. The van der Waals surface area contributed by atoms with Crippen LogP contribution < -0.4 is 37.4 Å². The van der Waals surface area contributed by atoms with E-state index in [4.69, 9.17) is 25.9 Å². The average molecular weight is 563 g/mol. The molecular weight excluding hydrogens is 524 g/mol. The van der Waals surface area contributed by atoms with Crippen LogP contribution in [0.5, 0.6) is 11.5 Å². The van der Waals surface area contributed by atoms with Gasteiger partial charge >= 0.3 is 11.7 Å². The summed E-state index contributed by atoms with van der Waals surface area (Å²) in [6.07, 6.45) is 0.655. The van der Waals surface area contributed by atoms with Crippen molar-refractivity contribution in [3.63, 3.8) is 0 Å². The third kappa shape index (κ3) is 5.93. The molecule has 0 aliphatic carbocycles. The second-order valence-corrected chi connectivity index (χ2v) is 9.92. The third-order valence-electron chi connectivity index (χ3n) is 7.07. The van der Waals surface area contributed by atoms with Gasteiger partial charge in [-0.2, -0.15) is 0 Å². The molecule has 3 aromatic rings. The standard InChI is InChI=1S/C30H38N6O5/c1-7-41-24-14-20-8-10-35-22(21(20)15-23(24)39-5)16-25(34-27-18(3)12-17(2)13-19(27)4)36(30(35)38)11-9-33-28(32)26(31)29(37)40-6/h12-16,33H,7-11,31-32H2,1-6H3/b28-26+,34-25+. The van der Waals surface area contributed by atoms with Gasteiger partial charge in [0.2, 0.25) is 0 Å². The fraction of sp³-hybridized carbons (Fsp3) is 0.367. The molecule has 1 aliphatic heterocycles. The number of nitrogens with one attached hydrogen (secondary N) is 1. The summed E-state index contributed by atoms with van der Waals surface area (Å²) < 4.78 is 19.4. The Morgan fingerprint density at radius 2 is 1.76 bits per heavy atom. The van der Waals surface area contributed by atoms with Crippen LogP contribution in [0.4, 0.5) is 5.69 Å². The summed E-state index contributed by atoms with van der Waals surface area (Å²) in [7, 11) is 2.82. The van der Waals surface area contributed by atoms with Crippen LogP contribution in [0, 0.1) is 20.8 Å². The van der Waals surface area contributed by atoms with Crippen LogP contribution in [0.15, 0.2) is 51.6 Å². The molecule has 218 valence electrons. The Bertz CT molecular complexity index is 1630. The molecule has 11 nitrogen and oxygen atoms in total. The van der Waals surface area contributed by atoms with Gasteiger partial charge in [-0.1, -0.05) is 17.7 Å². The number of hydrogen-bond donors (Lipinski definition) is 3. The maximum atomic E-state index is 14.0. The van der Waals surface area contributed by atoms with Gasteiger partial charge in [-0.25, -0.2) is 14.6 Å². The zero-order chi connectivity index (χ0) is 29.8. The Morgan fingerprint density at radius 1 is 1.05 bits per heavy atom. The van der Waals surface area contributed by atoms with E-state index >= 15 is 0 Å². The monoisotopic (exact) mass is 562 g/mol. The molecule has 41 heavy (non-hydrogen) atoms. The molecule has 11 heteroatoms. The lowest BCUT2D eigenvalue weighted by molar-refractivity contribution is -0.136. The van der Waals surface area contributed by atoms with Gasteiger partial charge in [0.05, 0.1) is 32.2 Å². The van der Waals surface area contributed by atoms with Crippen molar-refractivity contribution < 1.29 is 19.0 Å². The van der Waals surface area contributed by atoms with Crippen molar-refractivity contribution in [2.24, 2.45) is 16.5 Å². The fourth-order valence-corrected chi connectivity index (χ4v) is 5.16. The molecule has 0 bridgehead atoms. The summed E-state index contributed by atoms with van der Waals surface area (Å²) in [5.41, 5.74) is 18.4. The summed E-state index contributed by atoms with van der Waals surface area (Å²) >= 11 is 0. The van der Waals surface area contributed by atoms with Crippen molar-refractivity contribution in [1.29, 1.82) is 0 Å². The highest BCUT2D eigenvalue weighted by atomic mass is 16.5. The quantitative estimate of drug-likeness (QED) is 0.266. The van der Waals surface area contributed by atoms with Gasteiger partial charge in [0.25, 0.3) is 0 Å². The highest BCUT2D eigenvalue weighted by Crippen LogP contribution is 2.37. The van der Waals surface area contributed by atoms with Crippen LogP contribution in [0.1, 0.15) is 29.2 Å². The number of ether oxygens (including phenoxy) is 3. The Labute approximate surface area is 239 Å². The minimum atomic E-state index is -0.737. The topological polar surface area (TPSA) is 148 Å². The molecule has 0 spiro atoms. The van der Waals surface area contributed by atoms with E-state index in [-0.39, 0.29) is 30.3 Å². The summed E-state index contributed by atoms with van der Waals surface area (Å²) in [6, 6.07) is 9.98. The molecular formula is C30H38N6O5. The van der Waals surface area contributed by atoms with Crippen molar-refractivity contribution >= 4 is 11.7 Å². The van der Waals surface area contributed by atoms with Crippen LogP contribution in [-0.4, -0.2) is 42.5 Å². The number of carbonyl (C=O) groups is 1. The summed E-state index contributed by atoms with van der Waals surface area (Å²) in [5.74, 6) is 0.514. The summed E-state index contributed by atoms with van der Waals surface area (Å²) in [4.78, 5) is 30.7. The van der Waals surface area contributed by atoms with E-state index in [0.717, 1.165) is 39.2 Å². The molecule has 2 heterocycles. The van der Waals surface area contributed by atoms with Gasteiger partial charge < -0.3 is 31.0 Å². The number of esters is 1. The smallest absolute Gasteiger partial charge is 0.357 e. The minimum Gasteiger partial charge on any atom is -0.493 e. The number of nitrogens with zero attached hydrogens (tertiary/aromatic N) is 3. The number of aromatic nitrogens is 2. The maximum Gasteiger partial charge on any atom is 0.357 e. The number of benzene rings is 2. The van der Waals surface area contributed by atoms with E-state index in [0.29, 0.717) is 36.6 Å². The Hall–Kier alpha value is -4.67. The Balaban J connectivity index is 1.89. The van der Waals surface area contributed by atoms with Gasteiger partial charge in [0, 0.05) is 31.3 Å². The first kappa shape index (κ1) is 29.3. The van der Waals surface area contributed by atoms with Crippen molar-refractivity contribution in [2.75, 3.05) is 27.4 Å². The molecule has 1 aromatic heterocycles. The van der Waals surface area contributed by atoms with Crippen LogP contribution in [0.25, 0.3) is 11.3 Å². The van der Waals surface area contributed by atoms with E-state index in [2.05, 4.69) is 22.2 Å². The second-order valence-electron chi connectivity index (χ2n) is 9.92. The highest BCUT2D eigenvalue weighted by Gasteiger charge is 2.23. The molecule has 0 radical (unpaired) electrons. The lowest BCUT2D eigenvalue weighted by Gasteiger charge is -2.25. The Kier molecular flexibility index (Phi) is 8.75. The SMILES string of the molecule is CCOc1cc2c(cc1OC)-c1c/c(=N\c3c(C)cc(C)cc3C)n(CCN/C(N)=C(/N)C(=O)OC)c(=O)n1CC2. The number of aryl methyl sites for hydroxylation is 4. The average Bonchev–Trinajstić information content (AvgIpc) is 2.94. The molecule has 2 aromatic carbocycles. The predicted molar refractivity (Wildman–Crippen MR) is 157 cm³/mol. The van der Waals surface area contributed by atoms with Gasteiger partial charge in [-0.05, 0) is 62.9 Å². The third-order valence-corrected chi connectivity index (χ3v) is 7.07. The molecule has 0 saturated carbocycles. The first-order valence-electron chi connectivity index (χ1n) is 13.5. The van der Waals surface area contributed by atoms with Crippen molar-refractivity contribution in [2.45, 2.75) is 47.2 Å². The molecule has 1 aliphatic rings.